The van der Waals surface area contributed by atoms with E-state index in [2.05, 4.69) is 30.7 Å². The zero-order chi connectivity index (χ0) is 12.4. The fourth-order valence-corrected chi connectivity index (χ4v) is 2.82. The van der Waals surface area contributed by atoms with E-state index < -0.39 is 0 Å². The number of rotatable bonds is 3. The van der Waals surface area contributed by atoms with Crippen molar-refractivity contribution < 1.29 is 4.79 Å². The summed E-state index contributed by atoms with van der Waals surface area (Å²) in [5.41, 5.74) is 0.639. The second-order valence-corrected chi connectivity index (χ2v) is 5.56. The minimum Gasteiger partial charge on any atom is -0.342 e. The molecule has 0 aliphatic heterocycles. The van der Waals surface area contributed by atoms with Gasteiger partial charge in [-0.2, -0.15) is 0 Å². The Hall–Kier alpha value is -1.12. The Balaban J connectivity index is 2.17. The quantitative estimate of drug-likeness (QED) is 0.814. The number of H-pyrrole nitrogens is 1. The third-order valence-corrected chi connectivity index (χ3v) is 3.83. The van der Waals surface area contributed by atoms with Gasteiger partial charge in [0.25, 0.3) is 0 Å². The molecule has 1 saturated carbocycles. The van der Waals surface area contributed by atoms with Gasteiger partial charge in [-0.3, -0.25) is 4.79 Å². The summed E-state index contributed by atoms with van der Waals surface area (Å²) in [6, 6.07) is 0. The predicted molar refractivity (Wildman–Crippen MR) is 67.5 cm³/mol. The van der Waals surface area contributed by atoms with Crippen molar-refractivity contribution in [2.45, 2.75) is 40.0 Å². The predicted octanol–water partition coefficient (Wildman–Crippen LogP) is 3.26. The van der Waals surface area contributed by atoms with Crippen LogP contribution >= 0.6 is 0 Å². The van der Waals surface area contributed by atoms with Crippen molar-refractivity contribution in [3.8, 4) is 0 Å². The van der Waals surface area contributed by atoms with Crippen LogP contribution in [0.15, 0.2) is 12.5 Å². The Morgan fingerprint density at radius 3 is 2.82 bits per heavy atom. The maximum atomic E-state index is 12.4. The van der Waals surface area contributed by atoms with Crippen molar-refractivity contribution >= 4 is 5.78 Å². The molecule has 0 aromatic carbocycles. The third-order valence-electron chi connectivity index (χ3n) is 3.83. The maximum Gasteiger partial charge on any atom is 0.188 e. The first kappa shape index (κ1) is 12.3. The van der Waals surface area contributed by atoms with Crippen LogP contribution in [-0.2, 0) is 0 Å². The Morgan fingerprint density at radius 1 is 1.47 bits per heavy atom. The number of imidazole rings is 1. The molecule has 1 radical (unpaired) electrons. The summed E-state index contributed by atoms with van der Waals surface area (Å²) in [6.45, 7) is 6.65. The van der Waals surface area contributed by atoms with Gasteiger partial charge >= 0.3 is 0 Å². The summed E-state index contributed by atoms with van der Waals surface area (Å²) in [5, 5.41) is 0. The Bertz CT molecular complexity index is 370. The molecule has 17 heavy (non-hydrogen) atoms. The highest BCUT2D eigenvalue weighted by Crippen LogP contribution is 2.40. The molecule has 1 aromatic heterocycles. The summed E-state index contributed by atoms with van der Waals surface area (Å²) in [4.78, 5) is 19.3. The smallest absolute Gasteiger partial charge is 0.188 e. The highest BCUT2D eigenvalue weighted by Gasteiger charge is 2.36. The van der Waals surface area contributed by atoms with Crippen LogP contribution < -0.4 is 0 Å². The molecule has 1 aliphatic rings. The molecule has 2 atom stereocenters. The molecule has 93 valence electrons. The molecule has 0 saturated heterocycles. The average molecular weight is 233 g/mol. The van der Waals surface area contributed by atoms with Crippen LogP contribution in [0.5, 0.6) is 0 Å². The topological polar surface area (TPSA) is 45.8 Å². The van der Waals surface area contributed by atoms with E-state index in [1.54, 1.807) is 12.5 Å². The normalized spacial score (nSPS) is 26.4. The summed E-state index contributed by atoms with van der Waals surface area (Å²) in [6.07, 6.45) is 6.54. The van der Waals surface area contributed by atoms with E-state index >= 15 is 0 Å². The first-order valence-corrected chi connectivity index (χ1v) is 6.48. The molecule has 2 unspecified atom stereocenters. The van der Waals surface area contributed by atoms with Gasteiger partial charge in [-0.1, -0.05) is 27.2 Å². The summed E-state index contributed by atoms with van der Waals surface area (Å²) >= 11 is 0. The van der Waals surface area contributed by atoms with E-state index in [0.717, 1.165) is 18.8 Å². The molecule has 1 aromatic rings. The number of carbonyl (C=O) groups excluding carboxylic acids is 1. The minimum absolute atomic E-state index is 0.174. The van der Waals surface area contributed by atoms with Gasteiger partial charge in [-0.15, -0.1) is 0 Å². The Labute approximate surface area is 103 Å². The number of nitrogens with one attached hydrogen (secondary N) is 1. The highest BCUT2D eigenvalue weighted by atomic mass is 16.1. The van der Waals surface area contributed by atoms with Crippen molar-refractivity contribution in [1.82, 2.24) is 9.97 Å². The molecule has 3 nitrogen and oxygen atoms in total. The Morgan fingerprint density at radius 2 is 2.24 bits per heavy atom. The third kappa shape index (κ3) is 2.59. The molecular formula is C14H21N2O. The van der Waals surface area contributed by atoms with Gasteiger partial charge in [0.15, 0.2) is 5.78 Å². The van der Waals surface area contributed by atoms with E-state index in [1.807, 2.05) is 0 Å². The van der Waals surface area contributed by atoms with E-state index in [9.17, 15) is 4.79 Å². The van der Waals surface area contributed by atoms with Crippen molar-refractivity contribution in [3.05, 3.63) is 24.1 Å². The number of hydrogen-bond acceptors (Lipinski definition) is 2. The molecule has 2 rings (SSSR count). The zero-order valence-electron chi connectivity index (χ0n) is 10.9. The van der Waals surface area contributed by atoms with Crippen molar-refractivity contribution in [1.29, 1.82) is 0 Å². The van der Waals surface area contributed by atoms with Gasteiger partial charge in [0.1, 0.15) is 5.69 Å². The molecule has 3 heteroatoms. The monoisotopic (exact) mass is 233 g/mol. The van der Waals surface area contributed by atoms with E-state index in [1.165, 1.54) is 6.42 Å². The number of aromatic amines is 1. The van der Waals surface area contributed by atoms with Gasteiger partial charge in [0, 0.05) is 0 Å². The number of Topliss-reactive ketones (excluding diaryl/α,β-unsaturated/α-hetero) is 1. The summed E-state index contributed by atoms with van der Waals surface area (Å²) < 4.78 is 0. The van der Waals surface area contributed by atoms with Gasteiger partial charge in [0.2, 0.25) is 0 Å². The SMILES string of the molecule is CC1CCC(C(C)C)[C](C(=O)c2cnc[nH]2)C1. The zero-order valence-corrected chi connectivity index (χ0v) is 10.9. The number of nitrogens with zero attached hydrogens (tertiary/aromatic N) is 1. The number of carbonyl (C=O) groups is 1. The van der Waals surface area contributed by atoms with Crippen molar-refractivity contribution in [3.63, 3.8) is 0 Å². The van der Waals surface area contributed by atoms with Gasteiger partial charge in [-0.05, 0) is 30.6 Å². The summed E-state index contributed by atoms with van der Waals surface area (Å²) in [5.74, 6) is 2.90. The van der Waals surface area contributed by atoms with E-state index in [-0.39, 0.29) is 5.78 Å². The van der Waals surface area contributed by atoms with Gasteiger partial charge < -0.3 is 4.98 Å². The highest BCUT2D eigenvalue weighted by molar-refractivity contribution is 6.04. The van der Waals surface area contributed by atoms with E-state index in [4.69, 9.17) is 0 Å². The van der Waals surface area contributed by atoms with Crippen LogP contribution in [0.4, 0.5) is 0 Å². The molecule has 0 amide bonds. The molecule has 1 heterocycles. The Kier molecular flexibility index (Phi) is 3.65. The van der Waals surface area contributed by atoms with Crippen LogP contribution in [0.1, 0.15) is 50.5 Å². The van der Waals surface area contributed by atoms with Crippen molar-refractivity contribution in [2.24, 2.45) is 17.8 Å². The molecule has 0 bridgehead atoms. The number of hydrogen-bond donors (Lipinski definition) is 1. The second kappa shape index (κ2) is 5.03. The minimum atomic E-state index is 0.174. The molecule has 1 aliphatic carbocycles. The average Bonchev–Trinajstić information content (AvgIpc) is 2.80. The number of ketones is 1. The van der Waals surface area contributed by atoms with Gasteiger partial charge in [0.05, 0.1) is 18.4 Å². The first-order chi connectivity index (χ1) is 8.09. The van der Waals surface area contributed by atoms with Gasteiger partial charge in [-0.25, -0.2) is 4.98 Å². The van der Waals surface area contributed by atoms with Crippen LogP contribution in [0, 0.1) is 23.7 Å². The van der Waals surface area contributed by atoms with E-state index in [0.29, 0.717) is 23.4 Å². The lowest BCUT2D eigenvalue weighted by Gasteiger charge is -2.35. The van der Waals surface area contributed by atoms with Crippen LogP contribution in [0.25, 0.3) is 0 Å². The fourth-order valence-electron chi connectivity index (χ4n) is 2.82. The molecule has 1 N–H and O–H groups in total. The molecule has 1 fully saturated rings. The lowest BCUT2D eigenvalue weighted by Crippen LogP contribution is -2.31. The lowest BCUT2D eigenvalue weighted by molar-refractivity contribution is 0.0937. The fraction of sp³-hybridized carbons (Fsp3) is 0.643. The lowest BCUT2D eigenvalue weighted by atomic mass is 9.68. The second-order valence-electron chi connectivity index (χ2n) is 5.56. The van der Waals surface area contributed by atoms with Crippen LogP contribution in [0.2, 0.25) is 0 Å². The largest absolute Gasteiger partial charge is 0.342 e. The molecule has 0 spiro atoms. The maximum absolute atomic E-state index is 12.4. The van der Waals surface area contributed by atoms with Crippen molar-refractivity contribution in [2.75, 3.05) is 0 Å². The van der Waals surface area contributed by atoms with Crippen LogP contribution in [-0.4, -0.2) is 15.8 Å². The first-order valence-electron chi connectivity index (χ1n) is 6.48. The standard InChI is InChI=1S/C14H21N2O/c1-9(2)11-5-4-10(3)6-12(11)14(17)13-7-15-8-16-13/h7-11H,4-6H2,1-3H3,(H,15,16). The number of aromatic nitrogens is 2. The summed E-state index contributed by atoms with van der Waals surface area (Å²) in [7, 11) is 0. The van der Waals surface area contributed by atoms with Crippen LogP contribution in [0.3, 0.4) is 0 Å². The molecular weight excluding hydrogens is 212 g/mol.